The molecule has 0 aromatic heterocycles. The van der Waals surface area contributed by atoms with Gasteiger partial charge in [-0.1, -0.05) is 61.6 Å². The summed E-state index contributed by atoms with van der Waals surface area (Å²) in [5.74, 6) is 0. The molecule has 0 aliphatic heterocycles. The zero-order chi connectivity index (χ0) is 11.6. The Labute approximate surface area is 103 Å². The molecule has 15 heavy (non-hydrogen) atoms. The Morgan fingerprint density at radius 2 is 1.80 bits per heavy atom. The lowest BCUT2D eigenvalue weighted by molar-refractivity contribution is 0.288. The van der Waals surface area contributed by atoms with Crippen LogP contribution in [0.4, 0.5) is 0 Å². The predicted octanol–water partition coefficient (Wildman–Crippen LogP) is 3.79. The minimum Gasteiger partial charge on any atom is -0.293 e. The molecular weight excluding hydrogens is 266 g/mol. The molecule has 1 aliphatic carbocycles. The monoisotopic (exact) mass is 287 g/mol. The van der Waals surface area contributed by atoms with Gasteiger partial charge in [0.2, 0.25) is 0 Å². The number of nitrogens with zero attached hydrogens (tertiary/aromatic N) is 1. The molecule has 86 valence electrons. The summed E-state index contributed by atoms with van der Waals surface area (Å²) in [5, 5.41) is 1.57. The zero-order valence-corrected chi connectivity index (χ0v) is 13.1. The summed E-state index contributed by atoms with van der Waals surface area (Å²) in [4.78, 5) is 2.48. The van der Waals surface area contributed by atoms with Crippen LogP contribution in [0.25, 0.3) is 0 Å². The largest absolute Gasteiger partial charge is 0.293 e. The van der Waals surface area contributed by atoms with Gasteiger partial charge in [-0.15, -0.1) is 0 Å². The minimum atomic E-state index is -1.18. The molecule has 0 N–H and O–H groups in total. The second-order valence-electron chi connectivity index (χ2n) is 5.04. The topological polar surface area (TPSA) is 3.24 Å². The first-order valence-electron chi connectivity index (χ1n) is 5.74. The van der Waals surface area contributed by atoms with Crippen LogP contribution in [0.3, 0.4) is 0 Å². The first-order valence-corrected chi connectivity index (χ1v) is 10.0. The summed E-state index contributed by atoms with van der Waals surface area (Å²) in [5.41, 5.74) is 0. The lowest BCUT2D eigenvalue weighted by atomic mass is 10.3. The van der Waals surface area contributed by atoms with Gasteiger partial charge in [-0.2, -0.15) is 0 Å². The van der Waals surface area contributed by atoms with Crippen molar-refractivity contribution in [1.29, 1.82) is 0 Å². The van der Waals surface area contributed by atoms with Gasteiger partial charge in [0, 0.05) is 4.48 Å². The normalized spacial score (nSPS) is 21.9. The van der Waals surface area contributed by atoms with E-state index in [2.05, 4.69) is 66.5 Å². The van der Waals surface area contributed by atoms with Gasteiger partial charge in [0.15, 0.2) is 0 Å². The smallest absolute Gasteiger partial charge is 0.0787 e. The summed E-state index contributed by atoms with van der Waals surface area (Å²) in [7, 11) is -1.18. The highest BCUT2D eigenvalue weighted by Gasteiger charge is 2.29. The van der Waals surface area contributed by atoms with Gasteiger partial charge >= 0.3 is 0 Å². The van der Waals surface area contributed by atoms with E-state index < -0.39 is 8.07 Å². The maximum atomic E-state index is 3.80. The first kappa shape index (κ1) is 13.2. The molecule has 0 aromatic rings. The number of halogens is 1. The van der Waals surface area contributed by atoms with E-state index in [1.165, 1.54) is 4.48 Å². The molecule has 0 saturated carbocycles. The third-order valence-corrected chi connectivity index (χ3v) is 6.29. The maximum Gasteiger partial charge on any atom is 0.0787 e. The number of allylic oxidation sites excluding steroid dienone is 2. The Morgan fingerprint density at radius 1 is 1.27 bits per heavy atom. The Morgan fingerprint density at radius 3 is 2.13 bits per heavy atom. The molecule has 0 bridgehead atoms. The molecule has 3 heteroatoms. The fraction of sp³-hybridized carbons (Fsp3) is 0.667. The van der Waals surface area contributed by atoms with Crippen molar-refractivity contribution in [3.05, 3.63) is 21.8 Å². The van der Waals surface area contributed by atoms with Crippen LogP contribution in [0.2, 0.25) is 19.6 Å². The Hall–Kier alpha value is 0.137. The highest BCUT2D eigenvalue weighted by Crippen LogP contribution is 2.33. The van der Waals surface area contributed by atoms with Gasteiger partial charge in [-0.25, -0.2) is 0 Å². The van der Waals surface area contributed by atoms with E-state index >= 15 is 0 Å². The molecular formula is C12H22BrNSi. The molecule has 0 aromatic carbocycles. The third-order valence-electron chi connectivity index (χ3n) is 2.98. The van der Waals surface area contributed by atoms with Gasteiger partial charge in [-0.3, -0.25) is 4.90 Å². The van der Waals surface area contributed by atoms with Crippen molar-refractivity contribution >= 4 is 24.0 Å². The summed E-state index contributed by atoms with van der Waals surface area (Å²) < 4.78 is 1.41. The van der Waals surface area contributed by atoms with E-state index in [0.29, 0.717) is 6.04 Å². The molecule has 1 rings (SSSR count). The lowest BCUT2D eigenvalue weighted by Crippen LogP contribution is -2.34. The quantitative estimate of drug-likeness (QED) is 0.711. The van der Waals surface area contributed by atoms with E-state index in [1.54, 1.807) is 5.20 Å². The fourth-order valence-electron chi connectivity index (χ4n) is 2.02. The van der Waals surface area contributed by atoms with Crippen molar-refractivity contribution < 1.29 is 0 Å². The van der Waals surface area contributed by atoms with Crippen molar-refractivity contribution in [2.45, 2.75) is 39.5 Å². The fourth-order valence-corrected chi connectivity index (χ4v) is 5.84. The van der Waals surface area contributed by atoms with Crippen LogP contribution in [0, 0.1) is 0 Å². The lowest BCUT2D eigenvalue weighted by Gasteiger charge is -2.26. The van der Waals surface area contributed by atoms with Crippen LogP contribution in [-0.2, 0) is 0 Å². The zero-order valence-electron chi connectivity index (χ0n) is 10.5. The second-order valence-corrected chi connectivity index (χ2v) is 10.9. The standard InChI is InChI=1S/C12H22BrNSi/c1-6-14(7-2)10-8-9-11(12(10)13)15(3,4)5/h8-10H,6-7H2,1-5H3. The van der Waals surface area contributed by atoms with Gasteiger partial charge in [0.05, 0.1) is 14.1 Å². The van der Waals surface area contributed by atoms with E-state index in [4.69, 9.17) is 0 Å². The van der Waals surface area contributed by atoms with Gasteiger partial charge in [0.25, 0.3) is 0 Å². The van der Waals surface area contributed by atoms with E-state index in [9.17, 15) is 0 Å². The van der Waals surface area contributed by atoms with Crippen LogP contribution in [0.15, 0.2) is 21.8 Å². The van der Waals surface area contributed by atoms with Gasteiger partial charge in [-0.05, 0) is 18.3 Å². The predicted molar refractivity (Wildman–Crippen MR) is 75.1 cm³/mol. The Bertz CT molecular complexity index is 284. The molecule has 0 heterocycles. The first-order chi connectivity index (χ1) is 6.91. The van der Waals surface area contributed by atoms with Gasteiger partial charge < -0.3 is 0 Å². The summed E-state index contributed by atoms with van der Waals surface area (Å²) in [6.07, 6.45) is 4.67. The van der Waals surface area contributed by atoms with Gasteiger partial charge in [0.1, 0.15) is 0 Å². The van der Waals surface area contributed by atoms with Crippen molar-refractivity contribution in [1.82, 2.24) is 4.90 Å². The Kier molecular flexibility index (Phi) is 4.38. The van der Waals surface area contributed by atoms with Crippen molar-refractivity contribution in [2.75, 3.05) is 13.1 Å². The molecule has 0 saturated heterocycles. The average molecular weight is 288 g/mol. The van der Waals surface area contributed by atoms with Crippen LogP contribution >= 0.6 is 15.9 Å². The average Bonchev–Trinajstić information content (AvgIpc) is 2.50. The number of rotatable bonds is 4. The highest BCUT2D eigenvalue weighted by molar-refractivity contribution is 9.11. The molecule has 0 spiro atoms. The molecule has 1 atom stereocenters. The van der Waals surface area contributed by atoms with Crippen molar-refractivity contribution in [3.8, 4) is 0 Å². The van der Waals surface area contributed by atoms with E-state index in [1.807, 2.05) is 0 Å². The molecule has 1 aliphatic rings. The summed E-state index contributed by atoms with van der Waals surface area (Å²) in [6.45, 7) is 13.9. The molecule has 0 fully saturated rings. The number of likely N-dealkylation sites (N-methyl/N-ethyl adjacent to an activating group) is 1. The SMILES string of the molecule is CCN(CC)C1C=CC([Si](C)(C)C)=C1Br. The molecule has 1 nitrogen and oxygen atoms in total. The van der Waals surface area contributed by atoms with Crippen LogP contribution in [0.1, 0.15) is 13.8 Å². The molecule has 0 radical (unpaired) electrons. The summed E-state index contributed by atoms with van der Waals surface area (Å²) >= 11 is 3.80. The molecule has 1 unspecified atom stereocenters. The highest BCUT2D eigenvalue weighted by atomic mass is 79.9. The summed E-state index contributed by atoms with van der Waals surface area (Å²) in [6, 6.07) is 0.488. The number of hydrogen-bond donors (Lipinski definition) is 0. The van der Waals surface area contributed by atoms with Crippen LogP contribution in [0.5, 0.6) is 0 Å². The number of hydrogen-bond acceptors (Lipinski definition) is 1. The van der Waals surface area contributed by atoms with E-state index in [0.717, 1.165) is 13.1 Å². The van der Waals surface area contributed by atoms with E-state index in [-0.39, 0.29) is 0 Å². The maximum absolute atomic E-state index is 3.80. The Balaban J connectivity index is 2.92. The third kappa shape index (κ3) is 2.83. The van der Waals surface area contributed by atoms with Crippen molar-refractivity contribution in [3.63, 3.8) is 0 Å². The van der Waals surface area contributed by atoms with Crippen LogP contribution < -0.4 is 0 Å². The van der Waals surface area contributed by atoms with Crippen LogP contribution in [-0.4, -0.2) is 32.1 Å². The minimum absolute atomic E-state index is 0.488. The second kappa shape index (κ2) is 4.98. The molecule has 0 amide bonds. The van der Waals surface area contributed by atoms with Crippen molar-refractivity contribution in [2.24, 2.45) is 0 Å².